The summed E-state index contributed by atoms with van der Waals surface area (Å²) in [6.45, 7) is 3.19. The lowest BCUT2D eigenvalue weighted by Gasteiger charge is -2.26. The van der Waals surface area contributed by atoms with Gasteiger partial charge in [0.25, 0.3) is 11.5 Å². The number of hydrogen-bond acceptors (Lipinski definition) is 7. The minimum atomic E-state index is -3.69. The molecular weight excluding hydrogens is 474 g/mol. The molecule has 3 aromatic rings. The van der Waals surface area contributed by atoms with Crippen LogP contribution in [0.3, 0.4) is 0 Å². The maximum Gasteiger partial charge on any atom is 0.332 e. The van der Waals surface area contributed by atoms with Crippen molar-refractivity contribution in [1.29, 1.82) is 0 Å². The van der Waals surface area contributed by atoms with E-state index in [-0.39, 0.29) is 34.6 Å². The summed E-state index contributed by atoms with van der Waals surface area (Å²) in [7, 11) is -0.808. The van der Waals surface area contributed by atoms with E-state index < -0.39 is 27.2 Å². The van der Waals surface area contributed by atoms with E-state index in [1.165, 1.54) is 47.2 Å². The van der Waals surface area contributed by atoms with Gasteiger partial charge in [-0.1, -0.05) is 13.3 Å². The topological polar surface area (TPSA) is 133 Å². The van der Waals surface area contributed by atoms with Crippen LogP contribution < -0.4 is 16.6 Å². The molecule has 1 N–H and O–H groups in total. The van der Waals surface area contributed by atoms with Gasteiger partial charge in [-0.3, -0.25) is 18.7 Å². The number of carbonyl (C=O) groups is 1. The SMILES string of the molecule is CCCc1cnc2c(c1NC(=O)c1ccc(S(=O)(=O)N3CCOCC3)cc1)c(=O)n(C)c(=O)n2C. The number of hydrogen-bond donors (Lipinski definition) is 1. The molecule has 186 valence electrons. The van der Waals surface area contributed by atoms with Crippen molar-refractivity contribution in [1.82, 2.24) is 18.4 Å². The average Bonchev–Trinajstić information content (AvgIpc) is 2.87. The number of pyridine rings is 1. The van der Waals surface area contributed by atoms with Crippen LogP contribution in [0.2, 0.25) is 0 Å². The molecule has 0 atom stereocenters. The first-order valence-electron chi connectivity index (χ1n) is 11.2. The Kier molecular flexibility index (Phi) is 6.88. The quantitative estimate of drug-likeness (QED) is 0.530. The smallest absolute Gasteiger partial charge is 0.332 e. The fraction of sp³-hybridized carbons (Fsp3) is 0.391. The van der Waals surface area contributed by atoms with Crippen LogP contribution >= 0.6 is 0 Å². The van der Waals surface area contributed by atoms with E-state index in [1.807, 2.05) is 6.92 Å². The largest absolute Gasteiger partial charge is 0.379 e. The molecular formula is C23H27N5O6S. The Morgan fingerprint density at radius 3 is 2.37 bits per heavy atom. The van der Waals surface area contributed by atoms with Gasteiger partial charge in [-0.05, 0) is 36.2 Å². The molecule has 1 saturated heterocycles. The number of amides is 1. The van der Waals surface area contributed by atoms with E-state index in [2.05, 4.69) is 10.3 Å². The summed E-state index contributed by atoms with van der Waals surface area (Å²) in [5.41, 5.74) is 0.266. The number of fused-ring (bicyclic) bond motifs is 1. The fourth-order valence-corrected chi connectivity index (χ4v) is 5.48. The van der Waals surface area contributed by atoms with Crippen LogP contribution in [0.15, 0.2) is 44.9 Å². The van der Waals surface area contributed by atoms with Gasteiger partial charge < -0.3 is 10.1 Å². The molecule has 3 heterocycles. The van der Waals surface area contributed by atoms with Crippen molar-refractivity contribution in [3.63, 3.8) is 0 Å². The number of ether oxygens (including phenoxy) is 1. The standard InChI is InChI=1S/C23H27N5O6S/c1-4-5-16-14-24-20-18(22(30)27(3)23(31)26(20)2)19(16)25-21(29)15-6-8-17(9-7-15)35(32,33)28-10-12-34-13-11-28/h6-9,14H,4-5,10-13H2,1-3H3,(H,24,25,29). The number of carbonyl (C=O) groups excluding carboxylic acids is 1. The highest BCUT2D eigenvalue weighted by molar-refractivity contribution is 7.89. The Balaban J connectivity index is 1.71. The molecule has 0 aliphatic carbocycles. The number of morpholine rings is 1. The predicted octanol–water partition coefficient (Wildman–Crippen LogP) is 0.858. The fourth-order valence-electron chi connectivity index (χ4n) is 4.07. The van der Waals surface area contributed by atoms with Gasteiger partial charge in [-0.2, -0.15) is 4.31 Å². The average molecular weight is 502 g/mol. The lowest BCUT2D eigenvalue weighted by Crippen LogP contribution is -2.40. The van der Waals surface area contributed by atoms with E-state index in [0.717, 1.165) is 11.0 Å². The zero-order valence-electron chi connectivity index (χ0n) is 19.8. The molecule has 11 nitrogen and oxygen atoms in total. The van der Waals surface area contributed by atoms with Crippen molar-refractivity contribution in [2.24, 2.45) is 14.1 Å². The molecule has 12 heteroatoms. The van der Waals surface area contributed by atoms with Crippen molar-refractivity contribution in [3.05, 3.63) is 62.4 Å². The van der Waals surface area contributed by atoms with Crippen LogP contribution in [0.5, 0.6) is 0 Å². The van der Waals surface area contributed by atoms with Crippen molar-refractivity contribution >= 4 is 32.7 Å². The number of nitrogens with one attached hydrogen (secondary N) is 1. The van der Waals surface area contributed by atoms with Crippen molar-refractivity contribution in [2.75, 3.05) is 31.6 Å². The summed E-state index contributed by atoms with van der Waals surface area (Å²) in [4.78, 5) is 42.8. The molecule has 1 aromatic carbocycles. The lowest BCUT2D eigenvalue weighted by atomic mass is 10.1. The van der Waals surface area contributed by atoms with Crippen molar-refractivity contribution in [2.45, 2.75) is 24.7 Å². The predicted molar refractivity (Wildman–Crippen MR) is 130 cm³/mol. The maximum atomic E-state index is 13.1. The van der Waals surface area contributed by atoms with Gasteiger partial charge in [-0.25, -0.2) is 18.2 Å². The third-order valence-corrected chi connectivity index (χ3v) is 7.94. The number of rotatable bonds is 6. The van der Waals surface area contributed by atoms with Gasteiger partial charge in [0.2, 0.25) is 10.0 Å². The van der Waals surface area contributed by atoms with E-state index in [1.54, 1.807) is 6.20 Å². The molecule has 1 amide bonds. The second-order valence-electron chi connectivity index (χ2n) is 8.31. The molecule has 4 rings (SSSR count). The Morgan fingerprint density at radius 1 is 1.09 bits per heavy atom. The molecule has 1 aliphatic rings. The lowest BCUT2D eigenvalue weighted by molar-refractivity contribution is 0.0730. The normalized spacial score (nSPS) is 14.8. The highest BCUT2D eigenvalue weighted by atomic mass is 32.2. The highest BCUT2D eigenvalue weighted by Gasteiger charge is 2.26. The van der Waals surface area contributed by atoms with Crippen LogP contribution in [0.1, 0.15) is 29.3 Å². The Hall–Kier alpha value is -3.35. The Labute approximate surface area is 202 Å². The Morgan fingerprint density at radius 2 is 1.74 bits per heavy atom. The maximum absolute atomic E-state index is 13.1. The van der Waals surface area contributed by atoms with Gasteiger partial charge in [0.1, 0.15) is 5.39 Å². The van der Waals surface area contributed by atoms with Gasteiger partial charge in [0, 0.05) is 38.9 Å². The summed E-state index contributed by atoms with van der Waals surface area (Å²) in [6, 6.07) is 5.64. The monoisotopic (exact) mass is 501 g/mol. The minimum absolute atomic E-state index is 0.0841. The highest BCUT2D eigenvalue weighted by Crippen LogP contribution is 2.25. The van der Waals surface area contributed by atoms with E-state index in [4.69, 9.17) is 4.74 Å². The minimum Gasteiger partial charge on any atom is -0.379 e. The summed E-state index contributed by atoms with van der Waals surface area (Å²) < 4.78 is 34.5. The number of nitrogens with zero attached hydrogens (tertiary/aromatic N) is 4. The zero-order valence-corrected chi connectivity index (χ0v) is 20.6. The molecule has 0 radical (unpaired) electrons. The van der Waals surface area contributed by atoms with Crippen LogP contribution in [0.25, 0.3) is 11.0 Å². The number of benzene rings is 1. The molecule has 35 heavy (non-hydrogen) atoms. The van der Waals surface area contributed by atoms with E-state index in [9.17, 15) is 22.8 Å². The number of aromatic nitrogens is 3. The first-order valence-corrected chi connectivity index (χ1v) is 12.7. The number of aryl methyl sites for hydroxylation is 2. The summed E-state index contributed by atoms with van der Waals surface area (Å²) >= 11 is 0. The third kappa shape index (κ3) is 4.51. The van der Waals surface area contributed by atoms with Crippen LogP contribution in [-0.2, 0) is 35.3 Å². The van der Waals surface area contributed by atoms with Gasteiger partial charge in [-0.15, -0.1) is 0 Å². The Bertz CT molecular complexity index is 1500. The number of anilines is 1. The summed E-state index contributed by atoms with van der Waals surface area (Å²) in [6.07, 6.45) is 2.86. The van der Waals surface area contributed by atoms with E-state index in [0.29, 0.717) is 30.9 Å². The summed E-state index contributed by atoms with van der Waals surface area (Å²) in [5, 5.41) is 2.95. The molecule has 2 aromatic heterocycles. The molecule has 1 aliphatic heterocycles. The second-order valence-corrected chi connectivity index (χ2v) is 10.2. The number of sulfonamides is 1. The first kappa shape index (κ1) is 24.8. The van der Waals surface area contributed by atoms with Crippen molar-refractivity contribution < 1.29 is 17.9 Å². The second kappa shape index (κ2) is 9.72. The van der Waals surface area contributed by atoms with Crippen LogP contribution in [-0.4, -0.2) is 59.1 Å². The molecule has 0 spiro atoms. The zero-order chi connectivity index (χ0) is 25.3. The van der Waals surface area contributed by atoms with Crippen LogP contribution in [0.4, 0.5) is 5.69 Å². The van der Waals surface area contributed by atoms with Crippen LogP contribution in [0, 0.1) is 0 Å². The molecule has 1 fully saturated rings. The van der Waals surface area contributed by atoms with Gasteiger partial charge in [0.05, 0.1) is 23.8 Å². The molecule has 0 unspecified atom stereocenters. The first-order chi connectivity index (χ1) is 16.7. The van der Waals surface area contributed by atoms with Gasteiger partial charge >= 0.3 is 5.69 Å². The van der Waals surface area contributed by atoms with Crippen molar-refractivity contribution in [3.8, 4) is 0 Å². The summed E-state index contributed by atoms with van der Waals surface area (Å²) in [5.74, 6) is -0.513. The van der Waals surface area contributed by atoms with Gasteiger partial charge in [0.15, 0.2) is 5.65 Å². The molecule has 0 saturated carbocycles. The third-order valence-electron chi connectivity index (χ3n) is 6.03. The molecule has 0 bridgehead atoms. The van der Waals surface area contributed by atoms with E-state index >= 15 is 0 Å².